The first-order chi connectivity index (χ1) is 6.77. The van der Waals surface area contributed by atoms with Crippen LogP contribution in [0.2, 0.25) is 0 Å². The highest BCUT2D eigenvalue weighted by atomic mass is 32.1. The Bertz CT molecular complexity index is 380. The molecule has 2 aromatic rings. The maximum absolute atomic E-state index is 4.01. The summed E-state index contributed by atoms with van der Waals surface area (Å²) < 4.78 is 2.62. The van der Waals surface area contributed by atoms with Crippen LogP contribution in [0.5, 0.6) is 0 Å². The van der Waals surface area contributed by atoms with E-state index in [4.69, 9.17) is 0 Å². The molecule has 2 aromatic heterocycles. The Balaban J connectivity index is 2.02. The molecule has 0 N–H and O–H groups in total. The van der Waals surface area contributed by atoms with Crippen molar-refractivity contribution < 1.29 is 0 Å². The summed E-state index contributed by atoms with van der Waals surface area (Å²) >= 11 is 8.02. The van der Waals surface area contributed by atoms with Crippen molar-refractivity contribution in [3.63, 3.8) is 0 Å². The Kier molecular flexibility index (Phi) is 2.63. The predicted molar refractivity (Wildman–Crippen MR) is 51.8 cm³/mol. The molecular weight excluding hydrogens is 224 g/mol. The molecule has 0 aromatic carbocycles. The fraction of sp³-hybridized carbons (Fsp3) is 0.500. The second-order valence-electron chi connectivity index (χ2n) is 2.47. The molecule has 2 rings (SSSR count). The molecule has 0 radical (unpaired) electrons. The highest BCUT2D eigenvalue weighted by Crippen LogP contribution is 2.01. The zero-order valence-corrected chi connectivity index (χ0v) is 8.68. The van der Waals surface area contributed by atoms with E-state index in [-0.39, 0.29) is 0 Å². The number of aryl methyl sites for hydroxylation is 2. The zero-order chi connectivity index (χ0) is 9.97. The molecule has 0 spiro atoms. The molecule has 0 saturated carbocycles. The van der Waals surface area contributed by atoms with Crippen molar-refractivity contribution in [3.05, 3.63) is 11.6 Å². The van der Waals surface area contributed by atoms with Crippen molar-refractivity contribution in [2.75, 3.05) is 0 Å². The molecule has 0 bridgehead atoms. The quantitative estimate of drug-likeness (QED) is 0.646. The number of hydrogen-bond acceptors (Lipinski definition) is 8. The molecular formula is C4H6N8S2. The summed E-state index contributed by atoms with van der Waals surface area (Å²) in [6.07, 6.45) is 1.22. The van der Waals surface area contributed by atoms with Gasteiger partial charge >= 0.3 is 0 Å². The van der Waals surface area contributed by atoms with E-state index in [0.717, 1.165) is 0 Å². The summed E-state index contributed by atoms with van der Waals surface area (Å²) in [6.45, 7) is 0. The molecule has 14 heavy (non-hydrogen) atoms. The third-order valence-corrected chi connectivity index (χ3v) is 2.23. The molecule has 0 fully saturated rings. The topological polar surface area (TPSA) is 87.2 Å². The smallest absolute Gasteiger partial charge is 0.163 e. The maximum atomic E-state index is 4.01. The first-order valence-corrected chi connectivity index (χ1v) is 4.50. The van der Waals surface area contributed by atoms with Crippen LogP contribution in [0, 0.1) is 0 Å². The number of hydrogen-bond donors (Lipinski definition) is 2. The Morgan fingerprint density at radius 3 is 1.57 bits per heavy atom. The molecule has 74 valence electrons. The van der Waals surface area contributed by atoms with Crippen LogP contribution >= 0.6 is 25.6 Å². The Hall–Kier alpha value is -1.16. The lowest BCUT2D eigenvalue weighted by atomic mass is 10.3. The van der Waals surface area contributed by atoms with Gasteiger partial charge in [-0.15, -0.1) is 10.2 Å². The lowest BCUT2D eigenvalue weighted by Gasteiger charge is -1.96. The molecule has 0 aliphatic rings. The fourth-order valence-corrected chi connectivity index (χ4v) is 1.28. The number of rotatable bonds is 3. The van der Waals surface area contributed by atoms with Crippen molar-refractivity contribution in [2.24, 2.45) is 0 Å². The van der Waals surface area contributed by atoms with Crippen molar-refractivity contribution >= 4 is 25.6 Å². The highest BCUT2D eigenvalue weighted by Gasteiger charge is 2.07. The average Bonchev–Trinajstić information content (AvgIpc) is 2.72. The van der Waals surface area contributed by atoms with Gasteiger partial charge in [-0.25, -0.2) is 0 Å². The number of nitrogens with zero attached hydrogens (tertiary/aromatic N) is 8. The van der Waals surface area contributed by atoms with E-state index in [1.165, 1.54) is 8.17 Å². The number of tetrazole rings is 2. The molecule has 2 heterocycles. The van der Waals surface area contributed by atoms with Crippen molar-refractivity contribution in [1.82, 2.24) is 39.2 Å². The van der Waals surface area contributed by atoms with E-state index in [9.17, 15) is 0 Å². The lowest BCUT2D eigenvalue weighted by Crippen LogP contribution is -2.02. The minimum atomic E-state index is 0.609. The minimum absolute atomic E-state index is 0.609. The van der Waals surface area contributed by atoms with Crippen molar-refractivity contribution in [2.45, 2.75) is 12.8 Å². The largest absolute Gasteiger partial charge is 0.173 e. The third kappa shape index (κ3) is 1.85. The zero-order valence-electron chi connectivity index (χ0n) is 6.89. The van der Waals surface area contributed by atoms with Gasteiger partial charge in [0, 0.05) is 12.8 Å². The van der Waals surface area contributed by atoms with E-state index in [0.29, 0.717) is 24.5 Å². The SMILES string of the molecule is Sn1nnnc1CCc1nnnn1S. The summed E-state index contributed by atoms with van der Waals surface area (Å²) in [5.74, 6) is 1.31. The van der Waals surface area contributed by atoms with Crippen LogP contribution in [0.25, 0.3) is 0 Å². The van der Waals surface area contributed by atoms with Gasteiger partial charge in [0.15, 0.2) is 11.6 Å². The molecule has 0 saturated heterocycles. The van der Waals surface area contributed by atoms with Crippen LogP contribution in [-0.2, 0) is 12.8 Å². The van der Waals surface area contributed by atoms with Crippen LogP contribution in [0.15, 0.2) is 0 Å². The van der Waals surface area contributed by atoms with Crippen LogP contribution in [-0.4, -0.2) is 39.2 Å². The van der Waals surface area contributed by atoms with Crippen LogP contribution in [0.3, 0.4) is 0 Å². The van der Waals surface area contributed by atoms with Crippen LogP contribution in [0.4, 0.5) is 0 Å². The maximum Gasteiger partial charge on any atom is 0.163 e. The van der Waals surface area contributed by atoms with Crippen molar-refractivity contribution in [3.8, 4) is 0 Å². The molecule has 0 unspecified atom stereocenters. The summed E-state index contributed by atoms with van der Waals surface area (Å²) in [7, 11) is 0. The Morgan fingerprint density at radius 2 is 1.29 bits per heavy atom. The molecule has 8 nitrogen and oxygen atoms in total. The van der Waals surface area contributed by atoms with E-state index >= 15 is 0 Å². The number of thiol groups is 2. The van der Waals surface area contributed by atoms with Gasteiger partial charge in [-0.2, -0.15) is 8.17 Å². The average molecular weight is 230 g/mol. The highest BCUT2D eigenvalue weighted by molar-refractivity contribution is 7.78. The van der Waals surface area contributed by atoms with Gasteiger partial charge in [0.1, 0.15) is 0 Å². The van der Waals surface area contributed by atoms with Crippen LogP contribution < -0.4 is 0 Å². The standard InChI is InChI=1S/C4H6N8S2/c13-11-3(5-7-9-11)1-2-4-6-8-10-12(4)14/h13-14H,1-2H2. The number of aromatic nitrogens is 8. The van der Waals surface area contributed by atoms with Gasteiger partial charge in [-0.05, 0) is 46.5 Å². The summed E-state index contributed by atoms with van der Waals surface area (Å²) in [5.41, 5.74) is 0. The normalized spacial score (nSPS) is 10.7. The Morgan fingerprint density at radius 1 is 0.857 bits per heavy atom. The summed E-state index contributed by atoms with van der Waals surface area (Å²) in [5, 5.41) is 21.6. The fourth-order valence-electron chi connectivity index (χ4n) is 0.926. The molecule has 0 aliphatic carbocycles. The predicted octanol–water partition coefficient (Wildman–Crippen LogP) is -1.17. The monoisotopic (exact) mass is 230 g/mol. The van der Waals surface area contributed by atoms with Gasteiger partial charge in [-0.1, -0.05) is 0 Å². The minimum Gasteiger partial charge on any atom is -0.173 e. The van der Waals surface area contributed by atoms with Gasteiger partial charge in [0.05, 0.1) is 0 Å². The Labute approximate surface area is 89.8 Å². The van der Waals surface area contributed by atoms with E-state index in [1.54, 1.807) is 0 Å². The van der Waals surface area contributed by atoms with Gasteiger partial charge < -0.3 is 0 Å². The summed E-state index contributed by atoms with van der Waals surface area (Å²) in [4.78, 5) is 0. The third-order valence-electron chi connectivity index (χ3n) is 1.60. The molecule has 0 aliphatic heterocycles. The molecule has 0 atom stereocenters. The second kappa shape index (κ2) is 3.92. The first kappa shape index (κ1) is 9.40. The second-order valence-corrected chi connectivity index (χ2v) is 3.23. The van der Waals surface area contributed by atoms with Gasteiger partial charge in [-0.3, -0.25) is 0 Å². The molecule has 0 amide bonds. The lowest BCUT2D eigenvalue weighted by molar-refractivity contribution is 0.785. The van der Waals surface area contributed by atoms with Crippen molar-refractivity contribution in [1.29, 1.82) is 0 Å². The summed E-state index contributed by atoms with van der Waals surface area (Å²) in [6, 6.07) is 0. The van der Waals surface area contributed by atoms with E-state index < -0.39 is 0 Å². The van der Waals surface area contributed by atoms with Crippen LogP contribution in [0.1, 0.15) is 11.6 Å². The van der Waals surface area contributed by atoms with Gasteiger partial charge in [0.25, 0.3) is 0 Å². The molecule has 10 heteroatoms. The van der Waals surface area contributed by atoms with E-state index in [1.807, 2.05) is 0 Å². The first-order valence-electron chi connectivity index (χ1n) is 3.70. The van der Waals surface area contributed by atoms with E-state index in [2.05, 4.69) is 56.7 Å². The van der Waals surface area contributed by atoms with Gasteiger partial charge in [0.2, 0.25) is 0 Å².